The van der Waals surface area contributed by atoms with Crippen LogP contribution < -0.4 is 5.32 Å². The van der Waals surface area contributed by atoms with Crippen LogP contribution in [0.15, 0.2) is 0 Å². The summed E-state index contributed by atoms with van der Waals surface area (Å²) >= 11 is 11.8. The quantitative estimate of drug-likeness (QED) is 0.734. The Morgan fingerprint density at radius 3 is 2.53 bits per heavy atom. The number of rotatable bonds is 5. The van der Waals surface area contributed by atoms with Crippen molar-refractivity contribution < 1.29 is 9.90 Å². The van der Waals surface area contributed by atoms with Crippen LogP contribution in [0.3, 0.4) is 0 Å². The first-order valence-electron chi connectivity index (χ1n) is 5.10. The fourth-order valence-electron chi connectivity index (χ4n) is 1.43. The fraction of sp³-hybridized carbons (Fsp3) is 0.900. The molecule has 88 valence electrons. The van der Waals surface area contributed by atoms with E-state index in [2.05, 4.69) is 5.32 Å². The zero-order chi connectivity index (χ0) is 11.7. The highest BCUT2D eigenvalue weighted by Gasteiger charge is 2.67. The summed E-state index contributed by atoms with van der Waals surface area (Å²) in [6.07, 6.45) is 1.19. The summed E-state index contributed by atoms with van der Waals surface area (Å²) in [4.78, 5) is 11.7. The van der Waals surface area contributed by atoms with Gasteiger partial charge < -0.3 is 10.4 Å². The Bertz CT molecular complexity index is 258. The summed E-state index contributed by atoms with van der Waals surface area (Å²) in [5.74, 6) is 0.165. The number of nitrogens with one attached hydrogen (secondary N) is 1. The van der Waals surface area contributed by atoms with Gasteiger partial charge in [0.05, 0.1) is 5.41 Å². The SMILES string of the molecule is CC(CCO)CNC(=O)C1(C)CC1(Cl)Cl. The van der Waals surface area contributed by atoms with E-state index in [4.69, 9.17) is 28.3 Å². The first-order valence-corrected chi connectivity index (χ1v) is 5.86. The minimum Gasteiger partial charge on any atom is -0.396 e. The van der Waals surface area contributed by atoms with E-state index in [1.54, 1.807) is 6.92 Å². The molecule has 2 N–H and O–H groups in total. The maximum Gasteiger partial charge on any atom is 0.229 e. The van der Waals surface area contributed by atoms with Gasteiger partial charge in [0.1, 0.15) is 4.33 Å². The lowest BCUT2D eigenvalue weighted by molar-refractivity contribution is -0.126. The maximum atomic E-state index is 11.7. The minimum absolute atomic E-state index is 0.0997. The molecule has 1 amide bonds. The Kier molecular flexibility index (Phi) is 3.90. The van der Waals surface area contributed by atoms with E-state index in [9.17, 15) is 4.79 Å². The molecule has 0 aromatic heterocycles. The van der Waals surface area contributed by atoms with E-state index in [-0.39, 0.29) is 18.4 Å². The second-order valence-corrected chi connectivity index (χ2v) is 6.02. The van der Waals surface area contributed by atoms with Gasteiger partial charge in [0.25, 0.3) is 0 Å². The van der Waals surface area contributed by atoms with Crippen LogP contribution in [-0.4, -0.2) is 28.5 Å². The molecule has 15 heavy (non-hydrogen) atoms. The van der Waals surface area contributed by atoms with Crippen molar-refractivity contribution in [2.45, 2.75) is 31.0 Å². The van der Waals surface area contributed by atoms with Crippen LogP contribution in [0.25, 0.3) is 0 Å². The van der Waals surface area contributed by atoms with Crippen LogP contribution in [0.1, 0.15) is 26.7 Å². The highest BCUT2D eigenvalue weighted by Crippen LogP contribution is 2.63. The molecular weight excluding hydrogens is 237 g/mol. The van der Waals surface area contributed by atoms with Crippen molar-refractivity contribution in [3.63, 3.8) is 0 Å². The van der Waals surface area contributed by atoms with E-state index < -0.39 is 9.75 Å². The van der Waals surface area contributed by atoms with Gasteiger partial charge in [-0.25, -0.2) is 0 Å². The average Bonchev–Trinajstić information content (AvgIpc) is 2.64. The zero-order valence-electron chi connectivity index (χ0n) is 9.02. The van der Waals surface area contributed by atoms with Crippen LogP contribution in [0.5, 0.6) is 0 Å². The highest BCUT2D eigenvalue weighted by molar-refractivity contribution is 6.53. The van der Waals surface area contributed by atoms with Gasteiger partial charge in [0.2, 0.25) is 5.91 Å². The molecule has 1 saturated carbocycles. The predicted octanol–water partition coefficient (Wildman–Crippen LogP) is 1.70. The monoisotopic (exact) mass is 253 g/mol. The third kappa shape index (κ3) is 2.77. The van der Waals surface area contributed by atoms with Crippen LogP contribution in [-0.2, 0) is 4.79 Å². The molecule has 0 heterocycles. The third-order valence-electron chi connectivity index (χ3n) is 2.99. The molecule has 1 aliphatic rings. The molecule has 2 unspecified atom stereocenters. The van der Waals surface area contributed by atoms with Crippen molar-refractivity contribution >= 4 is 29.1 Å². The smallest absolute Gasteiger partial charge is 0.229 e. The summed E-state index contributed by atoms with van der Waals surface area (Å²) in [6.45, 7) is 4.43. The average molecular weight is 254 g/mol. The van der Waals surface area contributed by atoms with Gasteiger partial charge in [-0.3, -0.25) is 4.79 Å². The van der Waals surface area contributed by atoms with Crippen LogP contribution >= 0.6 is 23.2 Å². The van der Waals surface area contributed by atoms with Gasteiger partial charge in [0.15, 0.2) is 0 Å². The van der Waals surface area contributed by atoms with E-state index in [0.717, 1.165) is 0 Å². The van der Waals surface area contributed by atoms with Crippen LogP contribution in [0.4, 0.5) is 0 Å². The third-order valence-corrected chi connectivity index (χ3v) is 4.09. The minimum atomic E-state index is -0.905. The topological polar surface area (TPSA) is 49.3 Å². The lowest BCUT2D eigenvalue weighted by Gasteiger charge is -2.15. The second-order valence-electron chi connectivity index (χ2n) is 4.54. The van der Waals surface area contributed by atoms with Crippen molar-refractivity contribution in [3.05, 3.63) is 0 Å². The van der Waals surface area contributed by atoms with Gasteiger partial charge >= 0.3 is 0 Å². The molecule has 0 aromatic carbocycles. The van der Waals surface area contributed by atoms with Crippen molar-refractivity contribution in [1.29, 1.82) is 0 Å². The van der Waals surface area contributed by atoms with Crippen molar-refractivity contribution in [2.75, 3.05) is 13.2 Å². The number of aliphatic hydroxyl groups excluding tert-OH is 1. The second kappa shape index (κ2) is 4.48. The number of amides is 1. The summed E-state index contributed by atoms with van der Waals surface area (Å²) in [7, 11) is 0. The van der Waals surface area contributed by atoms with Gasteiger partial charge in [-0.1, -0.05) is 6.92 Å². The Hall–Kier alpha value is 0.01000. The van der Waals surface area contributed by atoms with Crippen LogP contribution in [0.2, 0.25) is 0 Å². The first kappa shape index (κ1) is 13.1. The highest BCUT2D eigenvalue weighted by atomic mass is 35.5. The summed E-state index contributed by atoms with van der Waals surface area (Å²) < 4.78 is -0.905. The first-order chi connectivity index (χ1) is 6.83. The van der Waals surface area contributed by atoms with Gasteiger partial charge in [-0.15, -0.1) is 23.2 Å². The largest absolute Gasteiger partial charge is 0.396 e. The molecule has 2 atom stereocenters. The fourth-order valence-corrected chi connectivity index (χ4v) is 2.14. The van der Waals surface area contributed by atoms with Crippen molar-refractivity contribution in [1.82, 2.24) is 5.32 Å². The number of carbonyl (C=O) groups excluding carboxylic acids is 1. The number of hydrogen-bond acceptors (Lipinski definition) is 2. The van der Waals surface area contributed by atoms with Gasteiger partial charge in [0, 0.05) is 13.2 Å². The van der Waals surface area contributed by atoms with Crippen molar-refractivity contribution in [3.8, 4) is 0 Å². The Morgan fingerprint density at radius 2 is 2.13 bits per heavy atom. The van der Waals surface area contributed by atoms with E-state index in [1.165, 1.54) is 0 Å². The lowest BCUT2D eigenvalue weighted by atomic mass is 10.1. The molecule has 0 aromatic rings. The van der Waals surface area contributed by atoms with Gasteiger partial charge in [-0.2, -0.15) is 0 Å². The molecule has 5 heteroatoms. The van der Waals surface area contributed by atoms with Crippen LogP contribution in [0, 0.1) is 11.3 Å². The summed E-state index contributed by atoms with van der Waals surface area (Å²) in [6, 6.07) is 0. The molecule has 0 saturated heterocycles. The molecular formula is C10H17Cl2NO2. The van der Waals surface area contributed by atoms with E-state index in [0.29, 0.717) is 19.4 Å². The molecule has 1 aliphatic carbocycles. The molecule has 1 fully saturated rings. The number of aliphatic hydroxyl groups is 1. The van der Waals surface area contributed by atoms with E-state index in [1.807, 2.05) is 6.92 Å². The zero-order valence-corrected chi connectivity index (χ0v) is 10.5. The Labute approximate surface area is 100 Å². The predicted molar refractivity (Wildman–Crippen MR) is 61.0 cm³/mol. The molecule has 3 nitrogen and oxygen atoms in total. The normalized spacial score (nSPS) is 29.7. The Morgan fingerprint density at radius 1 is 1.60 bits per heavy atom. The van der Waals surface area contributed by atoms with E-state index >= 15 is 0 Å². The van der Waals surface area contributed by atoms with Gasteiger partial charge in [-0.05, 0) is 25.7 Å². The lowest BCUT2D eigenvalue weighted by Crippen LogP contribution is -2.36. The summed E-state index contributed by atoms with van der Waals surface area (Å²) in [5.41, 5.74) is -0.644. The summed E-state index contributed by atoms with van der Waals surface area (Å²) in [5, 5.41) is 11.5. The number of hydrogen-bond donors (Lipinski definition) is 2. The Balaban J connectivity index is 2.32. The van der Waals surface area contributed by atoms with Crippen molar-refractivity contribution in [2.24, 2.45) is 11.3 Å². The molecule has 0 spiro atoms. The molecule has 0 bridgehead atoms. The molecule has 1 rings (SSSR count). The number of halogens is 2. The standard InChI is InChI=1S/C10H17Cl2NO2/c1-7(3-4-14)5-13-8(15)9(2)6-10(9,11)12/h7,14H,3-6H2,1-2H3,(H,13,15). The molecule has 0 aliphatic heterocycles. The molecule has 0 radical (unpaired) electrons. The maximum absolute atomic E-state index is 11.7. The number of alkyl halides is 2. The number of carbonyl (C=O) groups is 1.